The minimum atomic E-state index is 0.414. The van der Waals surface area contributed by atoms with Gasteiger partial charge in [-0.1, -0.05) is 0 Å². The lowest BCUT2D eigenvalue weighted by Gasteiger charge is -1.99. The lowest BCUT2D eigenvalue weighted by atomic mass is 10.2. The molecule has 0 atom stereocenters. The van der Waals surface area contributed by atoms with Gasteiger partial charge < -0.3 is 5.73 Å². The van der Waals surface area contributed by atoms with E-state index in [1.165, 1.54) is 6.20 Å². The Bertz CT molecular complexity index is 441. The van der Waals surface area contributed by atoms with E-state index in [1.54, 1.807) is 18.6 Å². The number of anilines is 1. The highest BCUT2D eigenvalue weighted by molar-refractivity contribution is 9.10. The molecular weight excluding hydrogens is 244 g/mol. The number of nitrogens with zero attached hydrogens (tertiary/aromatic N) is 3. The summed E-state index contributed by atoms with van der Waals surface area (Å²) in [6.07, 6.45) is 6.59. The minimum absolute atomic E-state index is 0.414. The van der Waals surface area contributed by atoms with Crippen LogP contribution in [0.2, 0.25) is 0 Å². The highest BCUT2D eigenvalue weighted by Gasteiger charge is 2.00. The van der Waals surface area contributed by atoms with E-state index in [4.69, 9.17) is 5.73 Å². The zero-order valence-electron chi connectivity index (χ0n) is 7.18. The molecule has 0 aliphatic carbocycles. The molecule has 0 amide bonds. The van der Waals surface area contributed by atoms with E-state index >= 15 is 0 Å². The predicted molar refractivity (Wildman–Crippen MR) is 57.4 cm³/mol. The molecule has 0 radical (unpaired) electrons. The minimum Gasteiger partial charge on any atom is -0.382 e. The van der Waals surface area contributed by atoms with Gasteiger partial charge in [-0.3, -0.25) is 9.97 Å². The number of nitrogen functional groups attached to an aromatic ring is 1. The number of hydrogen-bond acceptors (Lipinski definition) is 4. The fourth-order valence-corrected chi connectivity index (χ4v) is 1.40. The van der Waals surface area contributed by atoms with Crippen LogP contribution in [0.4, 0.5) is 5.82 Å². The van der Waals surface area contributed by atoms with Crippen molar-refractivity contribution in [2.24, 2.45) is 0 Å². The normalized spacial score (nSPS) is 10.1. The van der Waals surface area contributed by atoms with Gasteiger partial charge in [-0.05, 0) is 22.0 Å². The first-order valence-electron chi connectivity index (χ1n) is 3.94. The SMILES string of the molecule is Nc1cnc(-c2cncc(Br)c2)cn1. The third-order valence-corrected chi connectivity index (χ3v) is 2.11. The molecule has 2 aromatic heterocycles. The molecule has 0 spiro atoms. The van der Waals surface area contributed by atoms with Gasteiger partial charge in [-0.25, -0.2) is 4.98 Å². The lowest BCUT2D eigenvalue weighted by Crippen LogP contribution is -1.92. The van der Waals surface area contributed by atoms with Crippen molar-refractivity contribution in [3.8, 4) is 11.3 Å². The predicted octanol–water partition coefficient (Wildman–Crippen LogP) is 1.88. The third kappa shape index (κ3) is 1.88. The molecule has 0 aromatic carbocycles. The van der Waals surface area contributed by atoms with Crippen molar-refractivity contribution < 1.29 is 0 Å². The van der Waals surface area contributed by atoms with Crippen LogP contribution in [0.5, 0.6) is 0 Å². The Morgan fingerprint density at radius 2 is 1.93 bits per heavy atom. The molecule has 4 nitrogen and oxygen atoms in total. The van der Waals surface area contributed by atoms with Crippen LogP contribution in [0.3, 0.4) is 0 Å². The zero-order valence-corrected chi connectivity index (χ0v) is 8.77. The highest BCUT2D eigenvalue weighted by atomic mass is 79.9. The summed E-state index contributed by atoms with van der Waals surface area (Å²) in [5.74, 6) is 0.414. The summed E-state index contributed by atoms with van der Waals surface area (Å²) in [5, 5.41) is 0. The van der Waals surface area contributed by atoms with Crippen LogP contribution in [0, 0.1) is 0 Å². The van der Waals surface area contributed by atoms with Crippen LogP contribution in [-0.2, 0) is 0 Å². The summed E-state index contributed by atoms with van der Waals surface area (Å²) in [6.45, 7) is 0. The van der Waals surface area contributed by atoms with Gasteiger partial charge in [0.2, 0.25) is 0 Å². The van der Waals surface area contributed by atoms with Crippen molar-refractivity contribution in [3.63, 3.8) is 0 Å². The van der Waals surface area contributed by atoms with Crippen LogP contribution in [0.1, 0.15) is 0 Å². The Morgan fingerprint density at radius 1 is 1.07 bits per heavy atom. The maximum absolute atomic E-state index is 5.44. The summed E-state index contributed by atoms with van der Waals surface area (Å²) in [4.78, 5) is 12.1. The van der Waals surface area contributed by atoms with Crippen LogP contribution in [0.15, 0.2) is 35.3 Å². The molecule has 0 saturated heterocycles. The van der Waals surface area contributed by atoms with Crippen molar-refractivity contribution in [3.05, 3.63) is 35.3 Å². The molecule has 70 valence electrons. The van der Waals surface area contributed by atoms with Crippen LogP contribution < -0.4 is 5.73 Å². The molecule has 5 heteroatoms. The second kappa shape index (κ2) is 3.71. The number of hydrogen-bond donors (Lipinski definition) is 1. The molecule has 2 heterocycles. The van der Waals surface area contributed by atoms with Crippen LogP contribution >= 0.6 is 15.9 Å². The molecule has 0 saturated carbocycles. The van der Waals surface area contributed by atoms with E-state index in [-0.39, 0.29) is 0 Å². The largest absolute Gasteiger partial charge is 0.382 e. The topological polar surface area (TPSA) is 64.7 Å². The Kier molecular flexibility index (Phi) is 2.41. The maximum Gasteiger partial charge on any atom is 0.141 e. The van der Waals surface area contributed by atoms with Gasteiger partial charge in [0.05, 0.1) is 18.1 Å². The van der Waals surface area contributed by atoms with Crippen molar-refractivity contribution in [2.75, 3.05) is 5.73 Å². The van der Waals surface area contributed by atoms with Gasteiger partial charge in [0.1, 0.15) is 5.82 Å². The average molecular weight is 251 g/mol. The summed E-state index contributed by atoms with van der Waals surface area (Å²) in [5.41, 5.74) is 7.10. The molecule has 0 fully saturated rings. The highest BCUT2D eigenvalue weighted by Crippen LogP contribution is 2.18. The van der Waals surface area contributed by atoms with Gasteiger partial charge in [0.25, 0.3) is 0 Å². The standard InChI is InChI=1S/C9H7BrN4/c10-7-1-6(2-12-3-7)8-4-14-9(11)5-13-8/h1-5H,(H2,11,14). The number of rotatable bonds is 1. The first-order chi connectivity index (χ1) is 6.75. The molecule has 0 aliphatic heterocycles. The van der Waals surface area contributed by atoms with Gasteiger partial charge in [-0.2, -0.15) is 0 Å². The van der Waals surface area contributed by atoms with Crippen LogP contribution in [-0.4, -0.2) is 15.0 Å². The number of pyridine rings is 1. The van der Waals surface area contributed by atoms with Gasteiger partial charge >= 0.3 is 0 Å². The molecule has 14 heavy (non-hydrogen) atoms. The molecule has 0 unspecified atom stereocenters. The maximum atomic E-state index is 5.44. The molecule has 2 aromatic rings. The van der Waals surface area contributed by atoms with Crippen molar-refractivity contribution in [2.45, 2.75) is 0 Å². The fourth-order valence-electron chi connectivity index (χ4n) is 1.04. The van der Waals surface area contributed by atoms with Gasteiger partial charge in [-0.15, -0.1) is 0 Å². The lowest BCUT2D eigenvalue weighted by molar-refractivity contribution is 1.20. The monoisotopic (exact) mass is 250 g/mol. The zero-order chi connectivity index (χ0) is 9.97. The summed E-state index contributed by atoms with van der Waals surface area (Å²) in [6, 6.07) is 1.92. The number of aromatic nitrogens is 3. The van der Waals surface area contributed by atoms with E-state index in [9.17, 15) is 0 Å². The smallest absolute Gasteiger partial charge is 0.141 e. The van der Waals surface area contributed by atoms with Gasteiger partial charge in [0, 0.05) is 22.4 Å². The van der Waals surface area contributed by atoms with E-state index in [1.807, 2.05) is 6.07 Å². The molecule has 2 N–H and O–H groups in total. The quantitative estimate of drug-likeness (QED) is 0.840. The van der Waals surface area contributed by atoms with E-state index in [0.29, 0.717) is 5.82 Å². The second-order valence-corrected chi connectivity index (χ2v) is 3.63. The summed E-state index contributed by atoms with van der Waals surface area (Å²) in [7, 11) is 0. The first kappa shape index (κ1) is 9.08. The fraction of sp³-hybridized carbons (Fsp3) is 0. The average Bonchev–Trinajstić information content (AvgIpc) is 2.19. The Labute approximate surface area is 89.4 Å². The second-order valence-electron chi connectivity index (χ2n) is 2.72. The summed E-state index contributed by atoms with van der Waals surface area (Å²) < 4.78 is 0.911. The number of halogens is 1. The van der Waals surface area contributed by atoms with Crippen molar-refractivity contribution in [1.29, 1.82) is 0 Å². The molecule has 0 aliphatic rings. The Hall–Kier alpha value is -1.49. The summed E-state index contributed by atoms with van der Waals surface area (Å²) >= 11 is 3.34. The Morgan fingerprint density at radius 3 is 2.57 bits per heavy atom. The van der Waals surface area contributed by atoms with E-state index in [0.717, 1.165) is 15.7 Å². The Balaban J connectivity index is 2.44. The third-order valence-electron chi connectivity index (χ3n) is 1.67. The molecule has 2 rings (SSSR count). The molecule has 0 bridgehead atoms. The van der Waals surface area contributed by atoms with Crippen molar-refractivity contribution in [1.82, 2.24) is 15.0 Å². The molecular formula is C9H7BrN4. The van der Waals surface area contributed by atoms with Crippen LogP contribution in [0.25, 0.3) is 11.3 Å². The van der Waals surface area contributed by atoms with E-state index in [2.05, 4.69) is 30.9 Å². The van der Waals surface area contributed by atoms with Gasteiger partial charge in [0.15, 0.2) is 0 Å². The van der Waals surface area contributed by atoms with Crippen molar-refractivity contribution >= 4 is 21.7 Å². The first-order valence-corrected chi connectivity index (χ1v) is 4.73. The number of nitrogens with two attached hydrogens (primary N) is 1. The van der Waals surface area contributed by atoms with E-state index < -0.39 is 0 Å².